The second-order valence-electron chi connectivity index (χ2n) is 3.45. The van der Waals surface area contributed by atoms with Crippen LogP contribution in [0.4, 0.5) is 0 Å². The normalized spacial score (nSPS) is 11.7. The first-order valence-electron chi connectivity index (χ1n) is 4.91. The summed E-state index contributed by atoms with van der Waals surface area (Å²) in [6, 6.07) is 4.52. The number of imidazole rings is 1. The highest BCUT2D eigenvalue weighted by Gasteiger charge is 2.21. The van der Waals surface area contributed by atoms with Crippen molar-refractivity contribution in [2.75, 3.05) is 0 Å². The second kappa shape index (κ2) is 5.27. The Hall–Kier alpha value is -1.08. The van der Waals surface area contributed by atoms with Crippen LogP contribution < -0.4 is 4.72 Å². The van der Waals surface area contributed by atoms with Gasteiger partial charge in [-0.2, -0.15) is 0 Å². The molecule has 0 aliphatic rings. The summed E-state index contributed by atoms with van der Waals surface area (Å²) in [5.41, 5.74) is 0.641. The van der Waals surface area contributed by atoms with E-state index < -0.39 is 10.0 Å². The molecule has 0 spiro atoms. The molecule has 0 unspecified atom stereocenters. The van der Waals surface area contributed by atoms with Crippen molar-refractivity contribution >= 4 is 33.2 Å². The highest BCUT2D eigenvalue weighted by Crippen LogP contribution is 2.28. The van der Waals surface area contributed by atoms with E-state index in [2.05, 4.69) is 14.7 Å². The SMILES string of the molecule is O=S(=O)(NCc1cnc[nH]1)c1c(Cl)cccc1Cl. The van der Waals surface area contributed by atoms with Crippen LogP contribution >= 0.6 is 23.2 Å². The van der Waals surface area contributed by atoms with Crippen molar-refractivity contribution in [3.05, 3.63) is 46.5 Å². The lowest BCUT2D eigenvalue weighted by Gasteiger charge is -2.09. The Balaban J connectivity index is 2.26. The minimum atomic E-state index is -3.76. The average Bonchev–Trinajstić information content (AvgIpc) is 2.78. The number of hydrogen-bond donors (Lipinski definition) is 2. The lowest BCUT2D eigenvalue weighted by molar-refractivity contribution is 0.580. The number of H-pyrrole nitrogens is 1. The van der Waals surface area contributed by atoms with E-state index in [1.165, 1.54) is 24.7 Å². The van der Waals surface area contributed by atoms with Crippen LogP contribution in [-0.4, -0.2) is 18.4 Å². The Kier molecular flexibility index (Phi) is 3.91. The molecule has 0 radical (unpaired) electrons. The maximum Gasteiger partial charge on any atom is 0.243 e. The van der Waals surface area contributed by atoms with E-state index in [9.17, 15) is 8.42 Å². The largest absolute Gasteiger partial charge is 0.347 e. The van der Waals surface area contributed by atoms with Crippen LogP contribution in [0.15, 0.2) is 35.6 Å². The first kappa shape index (κ1) is 13.4. The predicted molar refractivity (Wildman–Crippen MR) is 69.1 cm³/mol. The van der Waals surface area contributed by atoms with Crippen molar-refractivity contribution in [3.8, 4) is 0 Å². The van der Waals surface area contributed by atoms with Crippen LogP contribution in [0.5, 0.6) is 0 Å². The average molecular weight is 306 g/mol. The van der Waals surface area contributed by atoms with Crippen LogP contribution in [0, 0.1) is 0 Å². The fraction of sp³-hybridized carbons (Fsp3) is 0.100. The zero-order valence-corrected chi connectivity index (χ0v) is 11.4. The van der Waals surface area contributed by atoms with E-state index in [0.717, 1.165) is 0 Å². The molecule has 1 heterocycles. The third-order valence-electron chi connectivity index (χ3n) is 2.20. The molecule has 1 aromatic carbocycles. The second-order valence-corrected chi connectivity index (χ2v) is 5.97. The standard InChI is InChI=1S/C10H9Cl2N3O2S/c11-8-2-1-3-9(12)10(8)18(16,17)15-5-7-4-13-6-14-7/h1-4,6,15H,5H2,(H,13,14). The maximum atomic E-state index is 12.1. The quantitative estimate of drug-likeness (QED) is 0.909. The number of aromatic amines is 1. The number of nitrogens with zero attached hydrogens (tertiary/aromatic N) is 1. The number of benzene rings is 1. The Morgan fingerprint density at radius 3 is 2.50 bits per heavy atom. The molecule has 0 aliphatic carbocycles. The molecule has 0 atom stereocenters. The molecule has 96 valence electrons. The summed E-state index contributed by atoms with van der Waals surface area (Å²) in [5.74, 6) is 0. The molecule has 18 heavy (non-hydrogen) atoms. The number of nitrogens with one attached hydrogen (secondary N) is 2. The molecule has 0 amide bonds. The summed E-state index contributed by atoms with van der Waals surface area (Å²) in [6.07, 6.45) is 2.99. The molecule has 0 saturated carbocycles. The van der Waals surface area contributed by atoms with Gasteiger partial charge in [0.25, 0.3) is 0 Å². The fourth-order valence-corrected chi connectivity index (χ4v) is 3.51. The summed E-state index contributed by atoms with van der Waals surface area (Å²) in [4.78, 5) is 6.46. The van der Waals surface area contributed by atoms with Crippen LogP contribution in [-0.2, 0) is 16.6 Å². The summed E-state index contributed by atoms with van der Waals surface area (Å²) >= 11 is 11.7. The van der Waals surface area contributed by atoms with Gasteiger partial charge in [-0.3, -0.25) is 0 Å². The molecule has 2 N–H and O–H groups in total. The highest BCUT2D eigenvalue weighted by molar-refractivity contribution is 7.89. The number of halogens is 2. The van der Waals surface area contributed by atoms with E-state index >= 15 is 0 Å². The van der Waals surface area contributed by atoms with Crippen LogP contribution in [0.2, 0.25) is 10.0 Å². The molecule has 0 saturated heterocycles. The van der Waals surface area contributed by atoms with Gasteiger partial charge in [0.2, 0.25) is 10.0 Å². The summed E-state index contributed by atoms with van der Waals surface area (Å²) in [7, 11) is -3.76. The van der Waals surface area contributed by atoms with Gasteiger partial charge in [0.15, 0.2) is 0 Å². The van der Waals surface area contributed by atoms with Gasteiger partial charge in [0.1, 0.15) is 4.90 Å². The van der Waals surface area contributed by atoms with E-state index in [1.807, 2.05) is 0 Å². The summed E-state index contributed by atoms with van der Waals surface area (Å²) in [6.45, 7) is 0.0872. The lowest BCUT2D eigenvalue weighted by atomic mass is 10.4. The molecular weight excluding hydrogens is 297 g/mol. The lowest BCUT2D eigenvalue weighted by Crippen LogP contribution is -2.24. The van der Waals surface area contributed by atoms with Gasteiger partial charge in [0, 0.05) is 11.9 Å². The Morgan fingerprint density at radius 1 is 1.28 bits per heavy atom. The van der Waals surface area contributed by atoms with E-state index in [4.69, 9.17) is 23.2 Å². The topological polar surface area (TPSA) is 74.8 Å². The van der Waals surface area contributed by atoms with E-state index in [-0.39, 0.29) is 21.5 Å². The molecule has 0 aliphatic heterocycles. The molecule has 8 heteroatoms. The molecule has 0 bridgehead atoms. The fourth-order valence-electron chi connectivity index (χ4n) is 1.37. The van der Waals surface area contributed by atoms with Gasteiger partial charge in [-0.1, -0.05) is 29.3 Å². The number of aromatic nitrogens is 2. The molecular formula is C10H9Cl2N3O2S. The van der Waals surface area contributed by atoms with Crippen LogP contribution in [0.3, 0.4) is 0 Å². The summed E-state index contributed by atoms with van der Waals surface area (Å²) < 4.78 is 26.5. The number of sulfonamides is 1. The van der Waals surface area contributed by atoms with Gasteiger partial charge in [-0.25, -0.2) is 18.1 Å². The van der Waals surface area contributed by atoms with Gasteiger partial charge < -0.3 is 4.98 Å². The first-order chi connectivity index (χ1) is 8.50. The Bertz CT molecular complexity index is 621. The van der Waals surface area contributed by atoms with Crippen molar-refractivity contribution in [2.24, 2.45) is 0 Å². The molecule has 2 rings (SSSR count). The van der Waals surface area contributed by atoms with Crippen LogP contribution in [0.25, 0.3) is 0 Å². The molecule has 5 nitrogen and oxygen atoms in total. The maximum absolute atomic E-state index is 12.1. The van der Waals surface area contributed by atoms with Crippen molar-refractivity contribution in [2.45, 2.75) is 11.4 Å². The van der Waals surface area contributed by atoms with Crippen molar-refractivity contribution < 1.29 is 8.42 Å². The van der Waals surface area contributed by atoms with E-state index in [1.54, 1.807) is 6.07 Å². The van der Waals surface area contributed by atoms with Gasteiger partial charge in [-0.05, 0) is 12.1 Å². The molecule has 1 aromatic heterocycles. The van der Waals surface area contributed by atoms with Gasteiger partial charge >= 0.3 is 0 Å². The Morgan fingerprint density at radius 2 is 1.94 bits per heavy atom. The minimum absolute atomic E-state index is 0.0830. The first-order valence-corrected chi connectivity index (χ1v) is 7.15. The molecule has 0 fully saturated rings. The number of hydrogen-bond acceptors (Lipinski definition) is 3. The van der Waals surface area contributed by atoms with Gasteiger partial charge in [-0.15, -0.1) is 0 Å². The van der Waals surface area contributed by atoms with E-state index in [0.29, 0.717) is 5.69 Å². The zero-order valence-electron chi connectivity index (χ0n) is 9.02. The van der Waals surface area contributed by atoms with Crippen molar-refractivity contribution in [1.82, 2.24) is 14.7 Å². The predicted octanol–water partition coefficient (Wildman–Crippen LogP) is 2.19. The highest BCUT2D eigenvalue weighted by atomic mass is 35.5. The smallest absolute Gasteiger partial charge is 0.243 e. The minimum Gasteiger partial charge on any atom is -0.347 e. The van der Waals surface area contributed by atoms with Crippen molar-refractivity contribution in [1.29, 1.82) is 0 Å². The monoisotopic (exact) mass is 305 g/mol. The summed E-state index contributed by atoms with van der Waals surface area (Å²) in [5, 5.41) is 0.166. The zero-order chi connectivity index (χ0) is 13.2. The molecule has 2 aromatic rings. The van der Waals surface area contributed by atoms with Crippen molar-refractivity contribution in [3.63, 3.8) is 0 Å². The van der Waals surface area contributed by atoms with Gasteiger partial charge in [0.05, 0.1) is 22.9 Å². The third-order valence-corrected chi connectivity index (χ3v) is 4.55. The third kappa shape index (κ3) is 2.84. The number of rotatable bonds is 4. The Labute approximate surface area is 114 Å². The van der Waals surface area contributed by atoms with Crippen LogP contribution in [0.1, 0.15) is 5.69 Å².